The molecule has 2 heterocycles. The quantitative estimate of drug-likeness (QED) is 0.876. The maximum Gasteiger partial charge on any atom is 0.354 e. The van der Waals surface area contributed by atoms with Gasteiger partial charge >= 0.3 is 5.97 Å². The van der Waals surface area contributed by atoms with E-state index in [-0.39, 0.29) is 11.1 Å². The lowest BCUT2D eigenvalue weighted by atomic mass is 9.96. The largest absolute Gasteiger partial charge is 0.477 e. The predicted molar refractivity (Wildman–Crippen MR) is 70.8 cm³/mol. The summed E-state index contributed by atoms with van der Waals surface area (Å²) >= 11 is 0. The first kappa shape index (κ1) is 13.3. The topological polar surface area (TPSA) is 83.6 Å². The summed E-state index contributed by atoms with van der Waals surface area (Å²) in [5.74, 6) is 0.482. The van der Waals surface area contributed by atoms with Crippen LogP contribution >= 0.6 is 0 Å². The second-order valence-electron chi connectivity index (χ2n) is 5.60. The number of carboxylic acids is 1. The highest BCUT2D eigenvalue weighted by Gasteiger charge is 2.22. The zero-order valence-electron chi connectivity index (χ0n) is 11.7. The monoisotopic (exact) mass is 263 g/mol. The lowest BCUT2D eigenvalue weighted by Gasteiger charge is -2.14. The van der Waals surface area contributed by atoms with E-state index in [4.69, 9.17) is 5.11 Å². The summed E-state index contributed by atoms with van der Waals surface area (Å²) in [6, 6.07) is 1.48. The summed E-state index contributed by atoms with van der Waals surface area (Å²) in [5, 5.41) is 13.5. The van der Waals surface area contributed by atoms with E-state index in [0.717, 1.165) is 0 Å². The average molecular weight is 263 g/mol. The SMILES string of the molecule is CN(C)c1cc(C(=O)O)nc2nc(C(C)(C)C)nn12. The molecular weight excluding hydrogens is 246 g/mol. The van der Waals surface area contributed by atoms with Crippen molar-refractivity contribution < 1.29 is 9.90 Å². The molecule has 2 aromatic rings. The van der Waals surface area contributed by atoms with Crippen LogP contribution in [0.4, 0.5) is 5.82 Å². The van der Waals surface area contributed by atoms with Crippen LogP contribution in [0.2, 0.25) is 0 Å². The highest BCUT2D eigenvalue weighted by atomic mass is 16.4. The van der Waals surface area contributed by atoms with Crippen LogP contribution in [0.5, 0.6) is 0 Å². The van der Waals surface area contributed by atoms with Crippen molar-refractivity contribution in [2.24, 2.45) is 0 Å². The molecule has 19 heavy (non-hydrogen) atoms. The van der Waals surface area contributed by atoms with Gasteiger partial charge in [0, 0.05) is 25.6 Å². The van der Waals surface area contributed by atoms with Gasteiger partial charge in [0.2, 0.25) is 0 Å². The van der Waals surface area contributed by atoms with Crippen molar-refractivity contribution in [2.75, 3.05) is 19.0 Å². The standard InChI is InChI=1S/C12H17N5O2/c1-12(2,3)10-14-11-13-7(9(18)19)6-8(16(4)5)17(11)15-10/h6H,1-5H3,(H,18,19). The Hall–Kier alpha value is -2.18. The molecule has 0 amide bonds. The number of rotatable bonds is 2. The molecule has 0 saturated heterocycles. The van der Waals surface area contributed by atoms with Gasteiger partial charge in [-0.25, -0.2) is 9.78 Å². The zero-order chi connectivity index (χ0) is 14.4. The first-order valence-corrected chi connectivity index (χ1v) is 5.89. The fourth-order valence-electron chi connectivity index (χ4n) is 1.60. The highest BCUT2D eigenvalue weighted by Crippen LogP contribution is 2.21. The molecule has 0 aromatic carbocycles. The molecule has 0 bridgehead atoms. The molecular formula is C12H17N5O2. The molecule has 0 unspecified atom stereocenters. The number of aromatic carboxylic acids is 1. The summed E-state index contributed by atoms with van der Waals surface area (Å²) in [5.41, 5.74) is -0.259. The summed E-state index contributed by atoms with van der Waals surface area (Å²) in [4.78, 5) is 21.2. The van der Waals surface area contributed by atoms with E-state index in [0.29, 0.717) is 17.4 Å². The van der Waals surface area contributed by atoms with E-state index in [1.54, 1.807) is 9.42 Å². The van der Waals surface area contributed by atoms with Gasteiger partial charge in [0.25, 0.3) is 5.78 Å². The van der Waals surface area contributed by atoms with Crippen LogP contribution in [-0.4, -0.2) is 44.8 Å². The Labute approximate surface area is 110 Å². The molecule has 0 aliphatic heterocycles. The first-order valence-electron chi connectivity index (χ1n) is 5.89. The van der Waals surface area contributed by atoms with Crippen molar-refractivity contribution in [3.63, 3.8) is 0 Å². The van der Waals surface area contributed by atoms with Gasteiger partial charge in [-0.1, -0.05) is 20.8 Å². The second-order valence-corrected chi connectivity index (χ2v) is 5.60. The van der Waals surface area contributed by atoms with Gasteiger partial charge in [-0.05, 0) is 0 Å². The average Bonchev–Trinajstić information content (AvgIpc) is 2.70. The Kier molecular flexibility index (Phi) is 2.92. The van der Waals surface area contributed by atoms with Gasteiger partial charge < -0.3 is 10.0 Å². The van der Waals surface area contributed by atoms with E-state index >= 15 is 0 Å². The van der Waals surface area contributed by atoms with Gasteiger partial charge in [0.1, 0.15) is 5.82 Å². The molecule has 0 radical (unpaired) electrons. The molecule has 1 N–H and O–H groups in total. The molecule has 102 valence electrons. The van der Waals surface area contributed by atoms with Gasteiger partial charge in [-0.3, -0.25) is 0 Å². The van der Waals surface area contributed by atoms with E-state index in [1.165, 1.54) is 6.07 Å². The molecule has 7 nitrogen and oxygen atoms in total. The fourth-order valence-corrected chi connectivity index (χ4v) is 1.60. The number of nitrogens with zero attached hydrogens (tertiary/aromatic N) is 5. The van der Waals surface area contributed by atoms with Gasteiger partial charge in [0.05, 0.1) is 0 Å². The minimum absolute atomic E-state index is 0.0379. The van der Waals surface area contributed by atoms with E-state index in [1.807, 2.05) is 34.9 Å². The maximum absolute atomic E-state index is 11.1. The van der Waals surface area contributed by atoms with E-state index < -0.39 is 5.97 Å². The van der Waals surface area contributed by atoms with Crippen molar-refractivity contribution in [1.82, 2.24) is 19.6 Å². The Balaban J connectivity index is 2.75. The number of hydrogen-bond donors (Lipinski definition) is 1. The van der Waals surface area contributed by atoms with E-state index in [2.05, 4.69) is 15.1 Å². The Morgan fingerprint density at radius 2 is 1.95 bits per heavy atom. The van der Waals surface area contributed by atoms with Crippen LogP contribution in [0.3, 0.4) is 0 Å². The summed E-state index contributed by atoms with van der Waals surface area (Å²) in [6.07, 6.45) is 0. The van der Waals surface area contributed by atoms with Crippen LogP contribution in [-0.2, 0) is 5.41 Å². The second kappa shape index (κ2) is 4.18. The zero-order valence-corrected chi connectivity index (χ0v) is 11.7. The number of fused-ring (bicyclic) bond motifs is 1. The number of carbonyl (C=O) groups is 1. The van der Waals surface area contributed by atoms with Gasteiger partial charge in [-0.2, -0.15) is 9.50 Å². The van der Waals surface area contributed by atoms with Crippen LogP contribution in [0.15, 0.2) is 6.07 Å². The minimum atomic E-state index is -1.08. The molecule has 2 aromatic heterocycles. The van der Waals surface area contributed by atoms with Crippen molar-refractivity contribution >= 4 is 17.6 Å². The summed E-state index contributed by atoms with van der Waals surface area (Å²) in [7, 11) is 3.64. The normalized spacial score (nSPS) is 11.8. The summed E-state index contributed by atoms with van der Waals surface area (Å²) < 4.78 is 1.56. The molecule has 0 fully saturated rings. The summed E-state index contributed by atoms with van der Waals surface area (Å²) in [6.45, 7) is 5.99. The van der Waals surface area contributed by atoms with Crippen molar-refractivity contribution in [2.45, 2.75) is 26.2 Å². The van der Waals surface area contributed by atoms with Crippen molar-refractivity contribution in [3.05, 3.63) is 17.6 Å². The highest BCUT2D eigenvalue weighted by molar-refractivity contribution is 5.86. The number of carboxylic acid groups (broad SMARTS) is 1. The Bertz CT molecular complexity index is 639. The number of anilines is 1. The molecule has 0 atom stereocenters. The fraction of sp³-hybridized carbons (Fsp3) is 0.500. The van der Waals surface area contributed by atoms with Crippen LogP contribution < -0.4 is 4.90 Å². The third-order valence-corrected chi connectivity index (χ3v) is 2.64. The number of aromatic nitrogens is 4. The lowest BCUT2D eigenvalue weighted by molar-refractivity contribution is 0.0690. The molecule has 7 heteroatoms. The molecule has 0 aliphatic rings. The number of hydrogen-bond acceptors (Lipinski definition) is 5. The van der Waals surface area contributed by atoms with E-state index in [9.17, 15) is 4.79 Å². The minimum Gasteiger partial charge on any atom is -0.477 e. The maximum atomic E-state index is 11.1. The van der Waals surface area contributed by atoms with Crippen LogP contribution in [0, 0.1) is 0 Å². The van der Waals surface area contributed by atoms with Gasteiger partial charge in [0.15, 0.2) is 11.5 Å². The molecule has 0 aliphatic carbocycles. The molecule has 0 spiro atoms. The van der Waals surface area contributed by atoms with Crippen LogP contribution in [0.1, 0.15) is 37.1 Å². The predicted octanol–water partition coefficient (Wildman–Crippen LogP) is 1.19. The lowest BCUT2D eigenvalue weighted by Crippen LogP contribution is -2.17. The molecule has 2 rings (SSSR count). The van der Waals surface area contributed by atoms with Crippen molar-refractivity contribution in [1.29, 1.82) is 0 Å². The van der Waals surface area contributed by atoms with Crippen molar-refractivity contribution in [3.8, 4) is 0 Å². The third kappa shape index (κ3) is 2.35. The Morgan fingerprint density at radius 1 is 1.32 bits per heavy atom. The first-order chi connectivity index (χ1) is 8.70. The Morgan fingerprint density at radius 3 is 2.42 bits per heavy atom. The molecule has 0 saturated carbocycles. The van der Waals surface area contributed by atoms with Crippen LogP contribution in [0.25, 0.3) is 5.78 Å². The third-order valence-electron chi connectivity index (χ3n) is 2.64. The van der Waals surface area contributed by atoms with Gasteiger partial charge in [-0.15, -0.1) is 5.10 Å². The smallest absolute Gasteiger partial charge is 0.354 e.